The monoisotopic (exact) mass is 334 g/mol. The van der Waals surface area contributed by atoms with Gasteiger partial charge in [-0.1, -0.05) is 38.1 Å². The smallest absolute Gasteiger partial charge is 0.320 e. The van der Waals surface area contributed by atoms with Gasteiger partial charge in [-0.25, -0.2) is 0 Å². The second-order valence-corrected chi connectivity index (χ2v) is 6.54. The van der Waals surface area contributed by atoms with E-state index in [0.717, 1.165) is 19.3 Å². The van der Waals surface area contributed by atoms with Crippen LogP contribution in [0.1, 0.15) is 63.0 Å². The molecule has 0 aliphatic rings. The Labute approximate surface area is 144 Å². The molecular weight excluding hydrogens is 304 g/mol. The summed E-state index contributed by atoms with van der Waals surface area (Å²) in [7, 11) is 0. The number of carboxylic acid groups (broad SMARTS) is 1. The van der Waals surface area contributed by atoms with E-state index in [9.17, 15) is 9.59 Å². The average Bonchev–Trinajstić information content (AvgIpc) is 2.54. The predicted octanol–water partition coefficient (Wildman–Crippen LogP) is 2.83. The summed E-state index contributed by atoms with van der Waals surface area (Å²) in [4.78, 5) is 22.3. The van der Waals surface area contributed by atoms with Crippen LogP contribution in [-0.4, -0.2) is 29.6 Å². The first-order valence-electron chi connectivity index (χ1n) is 8.74. The molecule has 0 saturated carbocycles. The highest BCUT2D eigenvalue weighted by molar-refractivity contribution is 5.75. The highest BCUT2D eigenvalue weighted by atomic mass is 16.4. The normalized spacial score (nSPS) is 12.2. The van der Waals surface area contributed by atoms with Crippen molar-refractivity contribution in [3.63, 3.8) is 0 Å². The largest absolute Gasteiger partial charge is 0.480 e. The van der Waals surface area contributed by atoms with Crippen LogP contribution in [0.3, 0.4) is 0 Å². The fourth-order valence-electron chi connectivity index (χ4n) is 2.45. The van der Waals surface area contributed by atoms with Gasteiger partial charge >= 0.3 is 5.97 Å². The molecule has 1 aromatic rings. The van der Waals surface area contributed by atoms with E-state index < -0.39 is 12.0 Å². The lowest BCUT2D eigenvalue weighted by molar-refractivity contribution is -0.138. The molecule has 5 heteroatoms. The van der Waals surface area contributed by atoms with Crippen molar-refractivity contribution in [1.29, 1.82) is 0 Å². The van der Waals surface area contributed by atoms with Crippen LogP contribution in [0.4, 0.5) is 0 Å². The van der Waals surface area contributed by atoms with Crippen molar-refractivity contribution >= 4 is 11.9 Å². The van der Waals surface area contributed by atoms with E-state index in [2.05, 4.69) is 43.4 Å². The van der Waals surface area contributed by atoms with Crippen LogP contribution >= 0.6 is 0 Å². The lowest BCUT2D eigenvalue weighted by Gasteiger charge is -2.08. The second kappa shape index (κ2) is 10.8. The van der Waals surface area contributed by atoms with E-state index in [1.165, 1.54) is 11.1 Å². The molecule has 0 heterocycles. The first-order valence-corrected chi connectivity index (χ1v) is 8.74. The maximum absolute atomic E-state index is 11.8. The number of benzene rings is 1. The SMILES string of the molecule is CC(C)c1ccc(CCCC(=O)NCCCC[C@H](N)C(=O)O)cc1. The molecule has 0 bridgehead atoms. The van der Waals surface area contributed by atoms with Gasteiger partial charge in [0.05, 0.1) is 0 Å². The Kier molecular flexibility index (Phi) is 9.08. The van der Waals surface area contributed by atoms with Crippen LogP contribution < -0.4 is 11.1 Å². The number of nitrogens with two attached hydrogens (primary N) is 1. The van der Waals surface area contributed by atoms with E-state index in [1.807, 2.05) is 0 Å². The summed E-state index contributed by atoms with van der Waals surface area (Å²) in [6.07, 6.45) is 4.15. The minimum atomic E-state index is -0.972. The van der Waals surface area contributed by atoms with Crippen molar-refractivity contribution in [2.75, 3.05) is 6.54 Å². The Balaban J connectivity index is 2.10. The van der Waals surface area contributed by atoms with Crippen LogP contribution in [0.25, 0.3) is 0 Å². The summed E-state index contributed by atoms with van der Waals surface area (Å²) in [5, 5.41) is 11.5. The number of nitrogens with one attached hydrogen (secondary N) is 1. The molecule has 0 aliphatic heterocycles. The van der Waals surface area contributed by atoms with E-state index in [-0.39, 0.29) is 5.91 Å². The summed E-state index contributed by atoms with van der Waals surface area (Å²) in [6, 6.07) is 7.78. The Morgan fingerprint density at radius 3 is 2.38 bits per heavy atom. The number of carboxylic acids is 1. The van der Waals surface area contributed by atoms with Gasteiger partial charge < -0.3 is 16.2 Å². The topological polar surface area (TPSA) is 92.4 Å². The second-order valence-electron chi connectivity index (χ2n) is 6.54. The fourth-order valence-corrected chi connectivity index (χ4v) is 2.45. The molecule has 4 N–H and O–H groups in total. The molecule has 1 aromatic carbocycles. The standard InChI is InChI=1S/C19H30N2O3/c1-14(2)16-11-9-15(10-12-16)6-5-8-18(22)21-13-4-3-7-17(20)19(23)24/h9-12,14,17H,3-8,13,20H2,1-2H3,(H,21,22)(H,23,24)/t17-/m0/s1. The maximum Gasteiger partial charge on any atom is 0.320 e. The van der Waals surface area contributed by atoms with Gasteiger partial charge in [0.1, 0.15) is 6.04 Å². The molecular formula is C19H30N2O3. The van der Waals surface area contributed by atoms with Crippen molar-refractivity contribution in [1.82, 2.24) is 5.32 Å². The number of carbonyl (C=O) groups is 2. The zero-order valence-corrected chi connectivity index (χ0v) is 14.8. The van der Waals surface area contributed by atoms with Crippen LogP contribution in [0, 0.1) is 0 Å². The zero-order valence-electron chi connectivity index (χ0n) is 14.8. The van der Waals surface area contributed by atoms with E-state index in [1.54, 1.807) is 0 Å². The third kappa shape index (κ3) is 8.11. The molecule has 0 aromatic heterocycles. The molecule has 0 unspecified atom stereocenters. The highest BCUT2D eigenvalue weighted by Crippen LogP contribution is 2.15. The Bertz CT molecular complexity index is 512. The summed E-state index contributed by atoms with van der Waals surface area (Å²) in [6.45, 7) is 4.93. The molecule has 0 spiro atoms. The number of rotatable bonds is 11. The van der Waals surface area contributed by atoms with Crippen LogP contribution in [0.2, 0.25) is 0 Å². The molecule has 1 amide bonds. The summed E-state index contributed by atoms with van der Waals surface area (Å²) < 4.78 is 0. The summed E-state index contributed by atoms with van der Waals surface area (Å²) >= 11 is 0. The number of aliphatic carboxylic acids is 1. The predicted molar refractivity (Wildman–Crippen MR) is 95.9 cm³/mol. The first kappa shape index (κ1) is 20.2. The van der Waals surface area contributed by atoms with Crippen LogP contribution in [0.5, 0.6) is 0 Å². The van der Waals surface area contributed by atoms with Gasteiger partial charge in [-0.3, -0.25) is 9.59 Å². The van der Waals surface area contributed by atoms with Crippen LogP contribution in [0.15, 0.2) is 24.3 Å². The molecule has 0 radical (unpaired) electrons. The van der Waals surface area contributed by atoms with E-state index >= 15 is 0 Å². The van der Waals surface area contributed by atoms with Crippen molar-refractivity contribution in [2.24, 2.45) is 5.73 Å². The number of amides is 1. The van der Waals surface area contributed by atoms with Gasteiger partial charge in [0, 0.05) is 13.0 Å². The van der Waals surface area contributed by atoms with Gasteiger partial charge in [-0.2, -0.15) is 0 Å². The number of carbonyl (C=O) groups excluding carboxylic acids is 1. The van der Waals surface area contributed by atoms with E-state index in [4.69, 9.17) is 10.8 Å². The van der Waals surface area contributed by atoms with Crippen molar-refractivity contribution in [3.05, 3.63) is 35.4 Å². The molecule has 1 rings (SSSR count). The van der Waals surface area contributed by atoms with E-state index in [0.29, 0.717) is 31.7 Å². The van der Waals surface area contributed by atoms with Crippen molar-refractivity contribution in [3.8, 4) is 0 Å². The third-order valence-electron chi connectivity index (χ3n) is 4.10. The van der Waals surface area contributed by atoms with Gasteiger partial charge in [0.15, 0.2) is 0 Å². The molecule has 0 aliphatic carbocycles. The average molecular weight is 334 g/mol. The maximum atomic E-state index is 11.8. The van der Waals surface area contributed by atoms with Crippen LogP contribution in [-0.2, 0) is 16.0 Å². The number of hydrogen-bond donors (Lipinski definition) is 3. The molecule has 134 valence electrons. The quantitative estimate of drug-likeness (QED) is 0.543. The zero-order chi connectivity index (χ0) is 17.9. The minimum Gasteiger partial charge on any atom is -0.480 e. The lowest BCUT2D eigenvalue weighted by atomic mass is 10.00. The Morgan fingerprint density at radius 1 is 1.12 bits per heavy atom. The summed E-state index contributed by atoms with van der Waals surface area (Å²) in [5.41, 5.74) is 8.01. The van der Waals surface area contributed by atoms with Gasteiger partial charge in [0.2, 0.25) is 5.91 Å². The molecule has 1 atom stereocenters. The summed E-state index contributed by atoms with van der Waals surface area (Å²) in [5.74, 6) is -0.383. The molecule has 0 fully saturated rings. The number of unbranched alkanes of at least 4 members (excludes halogenated alkanes) is 1. The Hall–Kier alpha value is -1.88. The van der Waals surface area contributed by atoms with Crippen molar-refractivity contribution < 1.29 is 14.7 Å². The Morgan fingerprint density at radius 2 is 1.79 bits per heavy atom. The lowest BCUT2D eigenvalue weighted by Crippen LogP contribution is -2.30. The highest BCUT2D eigenvalue weighted by Gasteiger charge is 2.10. The van der Waals surface area contributed by atoms with Gasteiger partial charge in [-0.05, 0) is 49.1 Å². The molecule has 24 heavy (non-hydrogen) atoms. The molecule has 0 saturated heterocycles. The van der Waals surface area contributed by atoms with Crippen molar-refractivity contribution in [2.45, 2.75) is 64.3 Å². The first-order chi connectivity index (χ1) is 11.4. The number of hydrogen-bond acceptors (Lipinski definition) is 3. The molecule has 5 nitrogen and oxygen atoms in total. The number of aryl methyl sites for hydroxylation is 1. The third-order valence-corrected chi connectivity index (χ3v) is 4.10. The minimum absolute atomic E-state index is 0.0522. The van der Waals surface area contributed by atoms with Gasteiger partial charge in [-0.15, -0.1) is 0 Å². The van der Waals surface area contributed by atoms with Gasteiger partial charge in [0.25, 0.3) is 0 Å². The fraction of sp³-hybridized carbons (Fsp3) is 0.579.